The lowest BCUT2D eigenvalue weighted by molar-refractivity contribution is -0.268. The molecule has 55 heavy (non-hydrogen) atoms. The van der Waals surface area contributed by atoms with E-state index in [1.54, 1.807) is 0 Å². The van der Waals surface area contributed by atoms with Gasteiger partial charge in [-0.05, 0) is 25.7 Å². The van der Waals surface area contributed by atoms with Crippen molar-refractivity contribution in [1.29, 1.82) is 0 Å². The van der Waals surface area contributed by atoms with Crippen LogP contribution in [-0.2, 0) is 23.8 Å². The lowest BCUT2D eigenvalue weighted by Crippen LogP contribution is -2.66. The van der Waals surface area contributed by atoms with Gasteiger partial charge in [0.15, 0.2) is 5.60 Å². The Morgan fingerprint density at radius 3 is 1.00 bits per heavy atom. The van der Waals surface area contributed by atoms with Crippen molar-refractivity contribution in [3.8, 4) is 0 Å². The van der Waals surface area contributed by atoms with Crippen LogP contribution in [0, 0.1) is 5.92 Å². The Labute approximate surface area is 342 Å². The maximum Gasteiger partial charge on any atom is 0.339 e. The van der Waals surface area contributed by atoms with E-state index in [1.165, 1.54) is 218 Å². The standard InChI is InChI=1S/C50H94O5/c1-3-5-7-9-11-13-15-17-19-21-23-25-27-29-31-33-35-37-39-43-53-48(51)47-42-41-46-45-50(47,55-46)49(52)54-44-40-38-36-34-32-30-28-26-24-22-20-18-16-14-12-10-8-6-4-2/h46-47H,3-45H2,1-2H3. The van der Waals surface area contributed by atoms with Gasteiger partial charge in [-0.15, -0.1) is 0 Å². The summed E-state index contributed by atoms with van der Waals surface area (Å²) in [6, 6.07) is 0. The highest BCUT2D eigenvalue weighted by molar-refractivity contribution is 5.89. The van der Waals surface area contributed by atoms with Crippen LogP contribution in [-0.4, -0.2) is 36.9 Å². The van der Waals surface area contributed by atoms with Crippen molar-refractivity contribution in [1.82, 2.24) is 0 Å². The van der Waals surface area contributed by atoms with Crippen molar-refractivity contribution in [3.05, 3.63) is 0 Å². The fourth-order valence-electron chi connectivity index (χ4n) is 9.10. The first-order chi connectivity index (χ1) is 27.1. The summed E-state index contributed by atoms with van der Waals surface area (Å²) in [7, 11) is 0. The van der Waals surface area contributed by atoms with Crippen LogP contribution in [0.15, 0.2) is 0 Å². The van der Waals surface area contributed by atoms with Crippen LogP contribution in [0.5, 0.6) is 0 Å². The highest BCUT2D eigenvalue weighted by atomic mass is 16.6. The molecule has 5 heteroatoms. The summed E-state index contributed by atoms with van der Waals surface area (Å²) in [4.78, 5) is 26.2. The zero-order valence-corrected chi connectivity index (χ0v) is 37.1. The van der Waals surface area contributed by atoms with Gasteiger partial charge in [0.1, 0.15) is 0 Å². The highest BCUT2D eigenvalue weighted by Gasteiger charge is 2.63. The third kappa shape index (κ3) is 25.1. The van der Waals surface area contributed by atoms with Crippen LogP contribution < -0.4 is 0 Å². The molecule has 0 aromatic carbocycles. The van der Waals surface area contributed by atoms with Gasteiger partial charge in [0.25, 0.3) is 0 Å². The Bertz CT molecular complexity index is 866. The number of fused-ring (bicyclic) bond motifs is 2. The first-order valence-electron chi connectivity index (χ1n) is 25.2. The first kappa shape index (κ1) is 50.0. The van der Waals surface area contributed by atoms with Gasteiger partial charge in [-0.3, -0.25) is 4.79 Å². The molecule has 2 saturated heterocycles. The molecule has 3 rings (SSSR count). The van der Waals surface area contributed by atoms with Crippen LogP contribution in [0.3, 0.4) is 0 Å². The smallest absolute Gasteiger partial charge is 0.339 e. The molecular weight excluding hydrogens is 681 g/mol. The molecule has 0 amide bonds. The molecule has 5 nitrogen and oxygen atoms in total. The van der Waals surface area contributed by atoms with Gasteiger partial charge in [-0.1, -0.05) is 245 Å². The molecule has 2 heterocycles. The number of carbonyl (C=O) groups is 2. The van der Waals surface area contributed by atoms with Crippen molar-refractivity contribution in [2.24, 2.45) is 5.92 Å². The maximum atomic E-state index is 13.2. The van der Waals surface area contributed by atoms with Crippen molar-refractivity contribution in [2.75, 3.05) is 13.2 Å². The van der Waals surface area contributed by atoms with E-state index in [4.69, 9.17) is 14.2 Å². The summed E-state index contributed by atoms with van der Waals surface area (Å²) < 4.78 is 17.4. The minimum atomic E-state index is -1.10. The second-order valence-electron chi connectivity index (χ2n) is 18.0. The van der Waals surface area contributed by atoms with Gasteiger partial charge in [0, 0.05) is 6.42 Å². The molecule has 2 bridgehead atoms. The maximum absolute atomic E-state index is 13.2. The Hall–Kier alpha value is -1.10. The third-order valence-corrected chi connectivity index (χ3v) is 12.9. The number of hydrogen-bond acceptors (Lipinski definition) is 5. The summed E-state index contributed by atoms with van der Waals surface area (Å²) in [6.45, 7) is 5.45. The number of carbonyl (C=O) groups excluding carboxylic acids is 2. The predicted molar refractivity (Wildman–Crippen MR) is 234 cm³/mol. The van der Waals surface area contributed by atoms with E-state index in [0.717, 1.165) is 32.1 Å². The molecule has 0 aromatic rings. The van der Waals surface area contributed by atoms with Crippen LogP contribution in [0.25, 0.3) is 0 Å². The van der Waals surface area contributed by atoms with Gasteiger partial charge >= 0.3 is 11.9 Å². The fourth-order valence-corrected chi connectivity index (χ4v) is 9.10. The molecule has 0 radical (unpaired) electrons. The van der Waals surface area contributed by atoms with Crippen molar-refractivity contribution < 1.29 is 23.8 Å². The summed E-state index contributed by atoms with van der Waals surface area (Å²) in [5.41, 5.74) is -1.10. The molecule has 0 spiro atoms. The molecule has 2 aliphatic heterocycles. The fraction of sp³-hybridized carbons (Fsp3) is 0.960. The summed E-state index contributed by atoms with van der Waals surface area (Å²) >= 11 is 0. The number of ether oxygens (including phenoxy) is 3. The predicted octanol–water partition coefficient (Wildman–Crippen LogP) is 15.9. The molecule has 3 fully saturated rings. The van der Waals surface area contributed by atoms with Crippen LogP contribution >= 0.6 is 0 Å². The van der Waals surface area contributed by atoms with E-state index < -0.39 is 11.5 Å². The van der Waals surface area contributed by atoms with Gasteiger partial charge < -0.3 is 14.2 Å². The minimum absolute atomic E-state index is 0.0891. The van der Waals surface area contributed by atoms with Crippen molar-refractivity contribution >= 4 is 11.9 Å². The SMILES string of the molecule is CCCCCCCCCCCCCCCCCCCCCOC(=O)C1CCC2CC1(C(=O)OCCCCCCCCCCCCCCCCCCCCC)O2. The van der Waals surface area contributed by atoms with Gasteiger partial charge in [0.05, 0.1) is 25.2 Å². The molecule has 3 atom stereocenters. The minimum Gasteiger partial charge on any atom is -0.465 e. The first-order valence-corrected chi connectivity index (χ1v) is 25.2. The van der Waals surface area contributed by atoms with E-state index in [9.17, 15) is 9.59 Å². The molecule has 3 aliphatic rings. The molecule has 1 saturated carbocycles. The van der Waals surface area contributed by atoms with E-state index in [0.29, 0.717) is 26.1 Å². The Morgan fingerprint density at radius 2 is 0.691 bits per heavy atom. The van der Waals surface area contributed by atoms with E-state index >= 15 is 0 Å². The van der Waals surface area contributed by atoms with Crippen molar-refractivity contribution in [2.45, 2.75) is 289 Å². The van der Waals surface area contributed by atoms with Crippen LogP contribution in [0.1, 0.15) is 277 Å². The second-order valence-corrected chi connectivity index (χ2v) is 18.0. The zero-order chi connectivity index (χ0) is 39.3. The Kier molecular flexibility index (Phi) is 32.8. The van der Waals surface area contributed by atoms with Crippen LogP contribution in [0.2, 0.25) is 0 Å². The third-order valence-electron chi connectivity index (χ3n) is 12.9. The van der Waals surface area contributed by atoms with E-state index in [2.05, 4.69) is 13.8 Å². The zero-order valence-electron chi connectivity index (χ0n) is 37.1. The summed E-state index contributed by atoms with van der Waals surface area (Å²) in [6.07, 6.45) is 53.3. The number of unbranched alkanes of at least 4 members (excludes halogenated alkanes) is 36. The second kappa shape index (κ2) is 36.0. The van der Waals surface area contributed by atoms with E-state index in [1.807, 2.05) is 0 Å². The molecule has 3 unspecified atom stereocenters. The average molecular weight is 775 g/mol. The lowest BCUT2D eigenvalue weighted by atomic mass is 9.69. The average Bonchev–Trinajstić information content (AvgIpc) is 3.18. The topological polar surface area (TPSA) is 61.8 Å². The Balaban J connectivity index is 1.36. The largest absolute Gasteiger partial charge is 0.465 e. The Morgan fingerprint density at radius 1 is 0.418 bits per heavy atom. The van der Waals surface area contributed by atoms with E-state index in [-0.39, 0.29) is 18.0 Å². The number of rotatable bonds is 42. The number of esters is 2. The lowest BCUT2D eigenvalue weighted by Gasteiger charge is -2.53. The highest BCUT2D eigenvalue weighted by Crippen LogP contribution is 2.49. The molecule has 0 N–H and O–H groups in total. The molecular formula is C50H94O5. The quantitative estimate of drug-likeness (QED) is 0.0456. The summed E-state index contributed by atoms with van der Waals surface area (Å²) in [5.74, 6) is -1.12. The van der Waals surface area contributed by atoms with Gasteiger partial charge in [-0.25, -0.2) is 4.79 Å². The van der Waals surface area contributed by atoms with Crippen molar-refractivity contribution in [3.63, 3.8) is 0 Å². The monoisotopic (exact) mass is 775 g/mol. The normalized spacial score (nSPS) is 19.0. The van der Waals surface area contributed by atoms with Crippen LogP contribution in [0.4, 0.5) is 0 Å². The van der Waals surface area contributed by atoms with Gasteiger partial charge in [0.2, 0.25) is 0 Å². The number of hydrogen-bond donors (Lipinski definition) is 0. The molecule has 0 aromatic heterocycles. The summed E-state index contributed by atoms with van der Waals surface area (Å²) in [5, 5.41) is 0. The molecule has 1 aliphatic carbocycles. The molecule has 324 valence electrons. The van der Waals surface area contributed by atoms with Gasteiger partial charge in [-0.2, -0.15) is 0 Å².